The summed E-state index contributed by atoms with van der Waals surface area (Å²) in [6.07, 6.45) is -6.19. The highest BCUT2D eigenvalue weighted by atomic mass is 19.4. The molecular formula is C16H21F3N2O3. The number of aliphatic hydroxyl groups is 1. The molecule has 0 aromatic heterocycles. The number of hydrogen-bond donors (Lipinski definition) is 3. The normalized spacial score (nSPS) is 14.3. The van der Waals surface area contributed by atoms with Crippen molar-refractivity contribution in [2.45, 2.75) is 45.0 Å². The lowest BCUT2D eigenvalue weighted by Gasteiger charge is -2.20. The molecule has 0 fully saturated rings. The van der Waals surface area contributed by atoms with Gasteiger partial charge in [0.15, 0.2) is 0 Å². The van der Waals surface area contributed by atoms with Crippen LogP contribution in [0.25, 0.3) is 0 Å². The van der Waals surface area contributed by atoms with Gasteiger partial charge in [-0.2, -0.15) is 13.2 Å². The number of halogens is 3. The molecule has 1 aromatic rings. The number of aliphatic hydroxyl groups excluding tert-OH is 1. The van der Waals surface area contributed by atoms with Crippen molar-refractivity contribution in [2.24, 2.45) is 11.7 Å². The predicted molar refractivity (Wildman–Crippen MR) is 81.7 cm³/mol. The van der Waals surface area contributed by atoms with Crippen LogP contribution in [0.5, 0.6) is 0 Å². The third-order valence-electron chi connectivity index (χ3n) is 3.40. The maximum atomic E-state index is 13.0. The highest BCUT2D eigenvalue weighted by molar-refractivity contribution is 5.88. The van der Waals surface area contributed by atoms with Crippen LogP contribution < -0.4 is 11.1 Å². The first-order chi connectivity index (χ1) is 11.0. The summed E-state index contributed by atoms with van der Waals surface area (Å²) in [5.41, 5.74) is 4.12. The SMILES string of the molecule is CC(C)C[C@H](O)C(=O)N[C@@H](Cc1ccccc1C(F)(F)F)C(N)=O. The molecule has 1 aromatic carbocycles. The number of alkyl halides is 3. The number of carbonyl (C=O) groups excluding carboxylic acids is 2. The summed E-state index contributed by atoms with van der Waals surface area (Å²) in [6, 6.07) is 3.40. The summed E-state index contributed by atoms with van der Waals surface area (Å²) in [5.74, 6) is -1.78. The number of primary amides is 1. The van der Waals surface area contributed by atoms with Gasteiger partial charge in [0, 0.05) is 6.42 Å². The summed E-state index contributed by atoms with van der Waals surface area (Å²) in [5, 5.41) is 11.9. The lowest BCUT2D eigenvalue weighted by atomic mass is 9.98. The summed E-state index contributed by atoms with van der Waals surface area (Å²) < 4.78 is 39.0. The Morgan fingerprint density at radius 3 is 2.33 bits per heavy atom. The molecule has 0 aliphatic heterocycles. The fourth-order valence-electron chi connectivity index (χ4n) is 2.24. The second kappa shape index (κ2) is 8.14. The van der Waals surface area contributed by atoms with Gasteiger partial charge in [0.25, 0.3) is 0 Å². The molecule has 0 saturated heterocycles. The molecule has 5 nitrogen and oxygen atoms in total. The van der Waals surface area contributed by atoms with Crippen LogP contribution in [-0.2, 0) is 22.2 Å². The van der Waals surface area contributed by atoms with E-state index < -0.39 is 42.1 Å². The van der Waals surface area contributed by atoms with E-state index in [-0.39, 0.29) is 17.9 Å². The maximum Gasteiger partial charge on any atom is 0.416 e. The van der Waals surface area contributed by atoms with E-state index >= 15 is 0 Å². The molecule has 2 amide bonds. The van der Waals surface area contributed by atoms with Crippen molar-refractivity contribution in [2.75, 3.05) is 0 Å². The second-order valence-corrected chi connectivity index (χ2v) is 5.97. The summed E-state index contributed by atoms with van der Waals surface area (Å²) in [6.45, 7) is 3.59. The van der Waals surface area contributed by atoms with Crippen LogP contribution in [0.4, 0.5) is 13.2 Å². The highest BCUT2D eigenvalue weighted by Gasteiger charge is 2.34. The van der Waals surface area contributed by atoms with Gasteiger partial charge in [-0.1, -0.05) is 32.0 Å². The Hall–Kier alpha value is -2.09. The van der Waals surface area contributed by atoms with E-state index in [0.29, 0.717) is 0 Å². The zero-order chi connectivity index (χ0) is 18.5. The lowest BCUT2D eigenvalue weighted by Crippen LogP contribution is -2.49. The summed E-state index contributed by atoms with van der Waals surface area (Å²) >= 11 is 0. The van der Waals surface area contributed by atoms with Gasteiger partial charge in [-0.05, 0) is 24.0 Å². The highest BCUT2D eigenvalue weighted by Crippen LogP contribution is 2.32. The van der Waals surface area contributed by atoms with Crippen molar-refractivity contribution < 1.29 is 27.9 Å². The van der Waals surface area contributed by atoms with E-state index in [1.54, 1.807) is 13.8 Å². The summed E-state index contributed by atoms with van der Waals surface area (Å²) in [4.78, 5) is 23.4. The Bertz CT molecular complexity index is 588. The molecule has 0 heterocycles. The minimum atomic E-state index is -4.58. The Labute approximate surface area is 138 Å². The van der Waals surface area contributed by atoms with Gasteiger partial charge in [0.1, 0.15) is 12.1 Å². The maximum absolute atomic E-state index is 13.0. The molecule has 8 heteroatoms. The lowest BCUT2D eigenvalue weighted by molar-refractivity contribution is -0.138. The van der Waals surface area contributed by atoms with E-state index in [9.17, 15) is 27.9 Å². The molecule has 0 bridgehead atoms. The fraction of sp³-hybridized carbons (Fsp3) is 0.500. The van der Waals surface area contributed by atoms with Crippen LogP contribution in [0.2, 0.25) is 0 Å². The molecule has 0 unspecified atom stereocenters. The Morgan fingerprint density at radius 1 is 1.25 bits per heavy atom. The molecule has 4 N–H and O–H groups in total. The van der Waals surface area contributed by atoms with Crippen molar-refractivity contribution in [3.05, 3.63) is 35.4 Å². The smallest absolute Gasteiger partial charge is 0.383 e. The number of amides is 2. The van der Waals surface area contributed by atoms with E-state index in [0.717, 1.165) is 6.07 Å². The van der Waals surface area contributed by atoms with Crippen LogP contribution in [0.3, 0.4) is 0 Å². The van der Waals surface area contributed by atoms with Crippen LogP contribution >= 0.6 is 0 Å². The number of nitrogens with two attached hydrogens (primary N) is 1. The first-order valence-corrected chi connectivity index (χ1v) is 7.45. The minimum Gasteiger partial charge on any atom is -0.383 e. The third kappa shape index (κ3) is 5.84. The number of nitrogens with one attached hydrogen (secondary N) is 1. The Balaban J connectivity index is 2.93. The molecular weight excluding hydrogens is 325 g/mol. The predicted octanol–water partition coefficient (Wildman–Crippen LogP) is 1.62. The first-order valence-electron chi connectivity index (χ1n) is 7.45. The molecule has 0 radical (unpaired) electrons. The zero-order valence-electron chi connectivity index (χ0n) is 13.4. The number of carbonyl (C=O) groups is 2. The van der Waals surface area contributed by atoms with Crippen LogP contribution in [0.1, 0.15) is 31.4 Å². The van der Waals surface area contributed by atoms with Crippen LogP contribution in [0.15, 0.2) is 24.3 Å². The van der Waals surface area contributed by atoms with E-state index in [4.69, 9.17) is 5.73 Å². The average molecular weight is 346 g/mol. The fourth-order valence-corrected chi connectivity index (χ4v) is 2.24. The molecule has 1 rings (SSSR count). The van der Waals surface area contributed by atoms with E-state index in [1.807, 2.05) is 0 Å². The molecule has 0 aliphatic rings. The standard InChI is InChI=1S/C16H21F3N2O3/c1-9(2)7-13(22)15(24)21-12(14(20)23)8-10-5-3-4-6-11(10)16(17,18)19/h3-6,9,12-13,22H,7-8H2,1-2H3,(H2,20,23)(H,21,24)/t12-,13-/m0/s1. The minimum absolute atomic E-state index is 0.0312. The largest absolute Gasteiger partial charge is 0.416 e. The molecule has 2 atom stereocenters. The number of hydrogen-bond acceptors (Lipinski definition) is 3. The van der Waals surface area contributed by atoms with Gasteiger partial charge in [-0.25, -0.2) is 0 Å². The quantitative estimate of drug-likeness (QED) is 0.700. The van der Waals surface area contributed by atoms with Crippen LogP contribution in [0, 0.1) is 5.92 Å². The Morgan fingerprint density at radius 2 is 1.83 bits per heavy atom. The monoisotopic (exact) mass is 346 g/mol. The zero-order valence-corrected chi connectivity index (χ0v) is 13.4. The van der Waals surface area contributed by atoms with Crippen molar-refractivity contribution in [3.8, 4) is 0 Å². The van der Waals surface area contributed by atoms with Gasteiger partial charge in [0.05, 0.1) is 5.56 Å². The molecule has 0 spiro atoms. The van der Waals surface area contributed by atoms with E-state index in [1.165, 1.54) is 18.2 Å². The topological polar surface area (TPSA) is 92.4 Å². The molecule has 134 valence electrons. The summed E-state index contributed by atoms with van der Waals surface area (Å²) in [7, 11) is 0. The molecule has 24 heavy (non-hydrogen) atoms. The molecule has 0 saturated carbocycles. The van der Waals surface area contributed by atoms with Gasteiger partial charge in [0.2, 0.25) is 11.8 Å². The van der Waals surface area contributed by atoms with Gasteiger partial charge < -0.3 is 16.2 Å². The van der Waals surface area contributed by atoms with Crippen LogP contribution in [-0.4, -0.2) is 29.1 Å². The number of benzene rings is 1. The first kappa shape index (κ1) is 20.0. The third-order valence-corrected chi connectivity index (χ3v) is 3.40. The van der Waals surface area contributed by atoms with Crippen molar-refractivity contribution in [1.82, 2.24) is 5.32 Å². The van der Waals surface area contributed by atoms with Gasteiger partial charge in [-0.3, -0.25) is 9.59 Å². The van der Waals surface area contributed by atoms with Crippen molar-refractivity contribution >= 4 is 11.8 Å². The second-order valence-electron chi connectivity index (χ2n) is 5.97. The average Bonchev–Trinajstić information content (AvgIpc) is 2.45. The van der Waals surface area contributed by atoms with Gasteiger partial charge in [-0.15, -0.1) is 0 Å². The van der Waals surface area contributed by atoms with Crippen molar-refractivity contribution in [3.63, 3.8) is 0 Å². The van der Waals surface area contributed by atoms with Crippen molar-refractivity contribution in [1.29, 1.82) is 0 Å². The molecule has 0 aliphatic carbocycles. The van der Waals surface area contributed by atoms with Gasteiger partial charge >= 0.3 is 6.18 Å². The number of rotatable bonds is 7. The van der Waals surface area contributed by atoms with E-state index in [2.05, 4.69) is 5.32 Å². The Kier molecular flexibility index (Phi) is 6.77.